The van der Waals surface area contributed by atoms with Crippen molar-refractivity contribution in [1.29, 1.82) is 0 Å². The molecule has 0 unspecified atom stereocenters. The molecule has 0 aliphatic carbocycles. The van der Waals surface area contributed by atoms with Crippen LogP contribution in [0, 0.1) is 5.82 Å². The number of carbonyl (C=O) groups is 1. The third kappa shape index (κ3) is 4.67. The highest BCUT2D eigenvalue weighted by atomic mass is 35.5. The van der Waals surface area contributed by atoms with Crippen LogP contribution in [0.4, 0.5) is 4.39 Å². The Hall–Kier alpha value is -2.66. The largest absolute Gasteiger partial charge is 0.352 e. The lowest BCUT2D eigenvalue weighted by Crippen LogP contribution is -2.25. The highest BCUT2D eigenvalue weighted by Crippen LogP contribution is 2.19. The van der Waals surface area contributed by atoms with Crippen molar-refractivity contribution in [2.75, 3.05) is 0 Å². The van der Waals surface area contributed by atoms with Gasteiger partial charge in [0.1, 0.15) is 5.82 Å². The van der Waals surface area contributed by atoms with Gasteiger partial charge < -0.3 is 5.32 Å². The van der Waals surface area contributed by atoms with E-state index in [-0.39, 0.29) is 22.9 Å². The standard InChI is InChI=1S/C19H17ClFN3O/c20-17-3-1-4-18(21)16(17)11-19(25)22-12-14-5-7-15(8-6-14)13-24-10-2-9-23-24/h1-10H,11-13H2,(H,22,25). The lowest BCUT2D eigenvalue weighted by Gasteiger charge is -2.08. The van der Waals surface area contributed by atoms with E-state index < -0.39 is 5.82 Å². The lowest BCUT2D eigenvalue weighted by atomic mass is 10.1. The smallest absolute Gasteiger partial charge is 0.224 e. The highest BCUT2D eigenvalue weighted by Gasteiger charge is 2.11. The maximum Gasteiger partial charge on any atom is 0.224 e. The first-order chi connectivity index (χ1) is 12.1. The molecule has 4 nitrogen and oxygen atoms in total. The fourth-order valence-electron chi connectivity index (χ4n) is 2.47. The number of hydrogen-bond donors (Lipinski definition) is 1. The Kier molecular flexibility index (Phi) is 5.46. The fourth-order valence-corrected chi connectivity index (χ4v) is 2.70. The summed E-state index contributed by atoms with van der Waals surface area (Å²) in [6, 6.07) is 14.2. The van der Waals surface area contributed by atoms with Gasteiger partial charge in [-0.1, -0.05) is 41.9 Å². The van der Waals surface area contributed by atoms with E-state index in [4.69, 9.17) is 11.6 Å². The maximum atomic E-state index is 13.7. The summed E-state index contributed by atoms with van der Waals surface area (Å²) in [5.74, 6) is -0.738. The van der Waals surface area contributed by atoms with Crippen LogP contribution in [0.3, 0.4) is 0 Å². The molecule has 2 aromatic carbocycles. The molecule has 0 bridgehead atoms. The van der Waals surface area contributed by atoms with E-state index >= 15 is 0 Å². The van der Waals surface area contributed by atoms with Crippen LogP contribution in [0.25, 0.3) is 0 Å². The van der Waals surface area contributed by atoms with E-state index in [0.29, 0.717) is 13.1 Å². The summed E-state index contributed by atoms with van der Waals surface area (Å²) in [5, 5.41) is 7.21. The van der Waals surface area contributed by atoms with Crippen LogP contribution < -0.4 is 5.32 Å². The predicted molar refractivity (Wildman–Crippen MR) is 94.7 cm³/mol. The number of benzene rings is 2. The molecule has 6 heteroatoms. The fraction of sp³-hybridized carbons (Fsp3) is 0.158. The van der Waals surface area contributed by atoms with Crippen molar-refractivity contribution in [1.82, 2.24) is 15.1 Å². The molecule has 0 aliphatic rings. The van der Waals surface area contributed by atoms with Gasteiger partial charge in [0, 0.05) is 29.5 Å². The van der Waals surface area contributed by atoms with Crippen molar-refractivity contribution in [3.63, 3.8) is 0 Å². The first-order valence-electron chi connectivity index (χ1n) is 7.86. The summed E-state index contributed by atoms with van der Waals surface area (Å²) in [7, 11) is 0. The normalized spacial score (nSPS) is 10.6. The zero-order chi connectivity index (χ0) is 17.6. The average molecular weight is 358 g/mol. The van der Waals surface area contributed by atoms with E-state index in [1.807, 2.05) is 41.2 Å². The second-order valence-electron chi connectivity index (χ2n) is 5.67. The third-order valence-corrected chi connectivity index (χ3v) is 4.17. The molecule has 3 rings (SSSR count). The number of hydrogen-bond acceptors (Lipinski definition) is 2. The Labute approximate surface area is 150 Å². The molecule has 0 atom stereocenters. The maximum absolute atomic E-state index is 13.7. The second kappa shape index (κ2) is 7.94. The Bertz CT molecular complexity index is 827. The van der Waals surface area contributed by atoms with Gasteiger partial charge in [0.05, 0.1) is 13.0 Å². The molecule has 1 amide bonds. The van der Waals surface area contributed by atoms with Gasteiger partial charge in [0.2, 0.25) is 5.91 Å². The monoisotopic (exact) mass is 357 g/mol. The molecule has 1 N–H and O–H groups in total. The number of carbonyl (C=O) groups excluding carboxylic acids is 1. The van der Waals surface area contributed by atoms with E-state index in [2.05, 4.69) is 10.4 Å². The van der Waals surface area contributed by atoms with E-state index in [1.54, 1.807) is 12.3 Å². The zero-order valence-corrected chi connectivity index (χ0v) is 14.2. The molecule has 0 radical (unpaired) electrons. The van der Waals surface area contributed by atoms with Crippen LogP contribution in [-0.2, 0) is 24.3 Å². The molecule has 1 heterocycles. The topological polar surface area (TPSA) is 46.9 Å². The minimum atomic E-state index is -0.467. The molecule has 25 heavy (non-hydrogen) atoms. The number of nitrogens with zero attached hydrogens (tertiary/aromatic N) is 2. The van der Waals surface area contributed by atoms with Crippen LogP contribution in [0.2, 0.25) is 5.02 Å². The van der Waals surface area contributed by atoms with E-state index in [9.17, 15) is 9.18 Å². The van der Waals surface area contributed by atoms with Gasteiger partial charge in [0.25, 0.3) is 0 Å². The van der Waals surface area contributed by atoms with Crippen molar-refractivity contribution in [2.45, 2.75) is 19.5 Å². The first-order valence-corrected chi connectivity index (χ1v) is 8.24. The molecule has 0 saturated carbocycles. The van der Waals surface area contributed by atoms with Crippen molar-refractivity contribution < 1.29 is 9.18 Å². The Morgan fingerprint density at radius 1 is 1.12 bits per heavy atom. The molecular formula is C19H17ClFN3O. The molecule has 0 aliphatic heterocycles. The van der Waals surface area contributed by atoms with E-state index in [1.165, 1.54) is 12.1 Å². The average Bonchev–Trinajstić information content (AvgIpc) is 3.11. The van der Waals surface area contributed by atoms with Gasteiger partial charge in [-0.2, -0.15) is 5.10 Å². The number of rotatable bonds is 6. The number of halogens is 2. The number of nitrogens with one attached hydrogen (secondary N) is 1. The minimum Gasteiger partial charge on any atom is -0.352 e. The molecule has 128 valence electrons. The van der Waals surface area contributed by atoms with Crippen molar-refractivity contribution in [3.8, 4) is 0 Å². The van der Waals surface area contributed by atoms with Crippen molar-refractivity contribution in [2.24, 2.45) is 0 Å². The van der Waals surface area contributed by atoms with Gasteiger partial charge >= 0.3 is 0 Å². The molecular weight excluding hydrogens is 341 g/mol. The zero-order valence-electron chi connectivity index (χ0n) is 13.5. The molecule has 0 saturated heterocycles. The van der Waals surface area contributed by atoms with Crippen molar-refractivity contribution >= 4 is 17.5 Å². The van der Waals surface area contributed by atoms with Gasteiger partial charge in [0.15, 0.2) is 0 Å². The SMILES string of the molecule is O=C(Cc1c(F)cccc1Cl)NCc1ccc(Cn2cccn2)cc1. The van der Waals surface area contributed by atoms with Gasteiger partial charge in [-0.15, -0.1) is 0 Å². The van der Waals surface area contributed by atoms with Crippen LogP contribution in [0.1, 0.15) is 16.7 Å². The Morgan fingerprint density at radius 2 is 1.88 bits per heavy atom. The summed E-state index contributed by atoms with van der Waals surface area (Å²) in [6.45, 7) is 1.08. The Morgan fingerprint density at radius 3 is 2.56 bits per heavy atom. The molecule has 1 aromatic heterocycles. The number of aromatic nitrogens is 2. The summed E-state index contributed by atoms with van der Waals surface area (Å²) in [4.78, 5) is 12.0. The lowest BCUT2D eigenvalue weighted by molar-refractivity contribution is -0.120. The van der Waals surface area contributed by atoms with Crippen LogP contribution in [0.5, 0.6) is 0 Å². The predicted octanol–water partition coefficient (Wildman–Crippen LogP) is 3.58. The third-order valence-electron chi connectivity index (χ3n) is 3.82. The van der Waals surface area contributed by atoms with Crippen LogP contribution in [-0.4, -0.2) is 15.7 Å². The van der Waals surface area contributed by atoms with Crippen LogP contribution >= 0.6 is 11.6 Å². The summed E-state index contributed by atoms with van der Waals surface area (Å²) >= 11 is 5.94. The van der Waals surface area contributed by atoms with Gasteiger partial charge in [-0.05, 0) is 29.3 Å². The minimum absolute atomic E-state index is 0.0805. The molecule has 0 fully saturated rings. The second-order valence-corrected chi connectivity index (χ2v) is 6.08. The molecule has 0 spiro atoms. The van der Waals surface area contributed by atoms with Crippen LogP contribution in [0.15, 0.2) is 60.9 Å². The van der Waals surface area contributed by atoms with E-state index in [0.717, 1.165) is 11.1 Å². The number of amides is 1. The van der Waals surface area contributed by atoms with Crippen molar-refractivity contribution in [3.05, 3.63) is 88.5 Å². The summed E-state index contributed by atoms with van der Waals surface area (Å²) in [6.07, 6.45) is 3.57. The highest BCUT2D eigenvalue weighted by molar-refractivity contribution is 6.31. The first kappa shape index (κ1) is 17.2. The quantitative estimate of drug-likeness (QED) is 0.733. The summed E-state index contributed by atoms with van der Waals surface area (Å²) in [5.41, 5.74) is 2.31. The van der Waals surface area contributed by atoms with Gasteiger partial charge in [-0.3, -0.25) is 9.48 Å². The summed E-state index contributed by atoms with van der Waals surface area (Å²) < 4.78 is 15.5. The Balaban J connectivity index is 1.53. The molecule has 3 aromatic rings. The van der Waals surface area contributed by atoms with Gasteiger partial charge in [-0.25, -0.2) is 4.39 Å².